The number of carbonyl (C=O) groups excluding carboxylic acids is 2. The summed E-state index contributed by atoms with van der Waals surface area (Å²) in [6.07, 6.45) is 5.93. The van der Waals surface area contributed by atoms with E-state index in [9.17, 15) is 14.0 Å². The van der Waals surface area contributed by atoms with E-state index in [0.717, 1.165) is 25.7 Å². The summed E-state index contributed by atoms with van der Waals surface area (Å²) in [5.41, 5.74) is 1.20. The molecule has 0 heterocycles. The lowest BCUT2D eigenvalue weighted by atomic mass is 9.89. The molecule has 5 nitrogen and oxygen atoms in total. The topological polar surface area (TPSA) is 61.4 Å². The third-order valence-corrected chi connectivity index (χ3v) is 5.56. The molecule has 0 bridgehead atoms. The molecule has 1 saturated carbocycles. The molecule has 7 heteroatoms. The molecule has 2 aromatic rings. The molecule has 3 rings (SSSR count). The second kappa shape index (κ2) is 11.0. The minimum atomic E-state index is -0.364. The summed E-state index contributed by atoms with van der Waals surface area (Å²) in [4.78, 5) is 26.7. The van der Waals surface area contributed by atoms with Crippen molar-refractivity contribution in [1.82, 2.24) is 5.32 Å². The average molecular weight is 432 g/mol. The van der Waals surface area contributed by atoms with Crippen LogP contribution in [0.25, 0.3) is 0 Å². The fraction of sp³-hybridized carbons (Fsp3) is 0.391. The molecule has 1 fully saturated rings. The summed E-state index contributed by atoms with van der Waals surface area (Å²) in [7, 11) is 0. The number of hydrogen-bond donors (Lipinski definition) is 2. The van der Waals surface area contributed by atoms with Crippen molar-refractivity contribution in [3.05, 3.63) is 59.4 Å². The molecule has 0 aliphatic heterocycles. The SMILES string of the molecule is O=C(NCCCN(C(=O)Nc1ccc(Cl)cc1)c1ccc(F)cc1)C1CCCCC1. The van der Waals surface area contributed by atoms with Crippen LogP contribution in [0.1, 0.15) is 38.5 Å². The zero-order valence-corrected chi connectivity index (χ0v) is 17.6. The van der Waals surface area contributed by atoms with E-state index < -0.39 is 0 Å². The number of nitrogens with one attached hydrogen (secondary N) is 2. The minimum Gasteiger partial charge on any atom is -0.356 e. The summed E-state index contributed by atoms with van der Waals surface area (Å²) < 4.78 is 13.3. The van der Waals surface area contributed by atoms with E-state index in [1.807, 2.05) is 0 Å². The first kappa shape index (κ1) is 22.1. The van der Waals surface area contributed by atoms with E-state index in [4.69, 9.17) is 11.6 Å². The van der Waals surface area contributed by atoms with E-state index in [0.29, 0.717) is 35.9 Å². The lowest BCUT2D eigenvalue weighted by Crippen LogP contribution is -2.38. The van der Waals surface area contributed by atoms with Gasteiger partial charge in [-0.25, -0.2) is 9.18 Å². The second-order valence-electron chi connectivity index (χ2n) is 7.54. The van der Waals surface area contributed by atoms with E-state index in [2.05, 4.69) is 10.6 Å². The fourth-order valence-corrected chi connectivity index (χ4v) is 3.78. The lowest BCUT2D eigenvalue weighted by molar-refractivity contribution is -0.125. The lowest BCUT2D eigenvalue weighted by Gasteiger charge is -2.24. The van der Waals surface area contributed by atoms with Gasteiger partial charge in [-0.1, -0.05) is 30.9 Å². The van der Waals surface area contributed by atoms with E-state index in [1.54, 1.807) is 41.3 Å². The number of hydrogen-bond acceptors (Lipinski definition) is 2. The van der Waals surface area contributed by atoms with Gasteiger partial charge in [-0.15, -0.1) is 0 Å². The zero-order valence-electron chi connectivity index (χ0n) is 16.9. The predicted molar refractivity (Wildman–Crippen MR) is 118 cm³/mol. The van der Waals surface area contributed by atoms with Gasteiger partial charge in [-0.2, -0.15) is 0 Å². The van der Waals surface area contributed by atoms with Crippen molar-refractivity contribution in [3.63, 3.8) is 0 Å². The molecule has 0 saturated heterocycles. The van der Waals surface area contributed by atoms with Crippen LogP contribution >= 0.6 is 11.6 Å². The first-order chi connectivity index (χ1) is 14.5. The van der Waals surface area contributed by atoms with Crippen molar-refractivity contribution >= 4 is 34.9 Å². The molecular formula is C23H27ClFN3O2. The zero-order chi connectivity index (χ0) is 21.3. The minimum absolute atomic E-state index is 0.105. The van der Waals surface area contributed by atoms with Gasteiger partial charge in [0, 0.05) is 35.4 Å². The Kier molecular flexibility index (Phi) is 8.08. The first-order valence-corrected chi connectivity index (χ1v) is 10.8. The third-order valence-electron chi connectivity index (χ3n) is 5.31. The van der Waals surface area contributed by atoms with E-state index in [1.165, 1.54) is 18.6 Å². The summed E-state index contributed by atoms with van der Waals surface area (Å²) in [6, 6.07) is 12.3. The summed E-state index contributed by atoms with van der Waals surface area (Å²) in [5, 5.41) is 6.40. The Balaban J connectivity index is 1.58. The third kappa shape index (κ3) is 6.46. The smallest absolute Gasteiger partial charge is 0.326 e. The number of urea groups is 1. The Morgan fingerprint density at radius 3 is 2.33 bits per heavy atom. The van der Waals surface area contributed by atoms with Gasteiger partial charge in [0.15, 0.2) is 0 Å². The molecule has 1 aliphatic carbocycles. The molecule has 0 atom stereocenters. The van der Waals surface area contributed by atoms with Crippen LogP contribution in [0.3, 0.4) is 0 Å². The standard InChI is InChI=1S/C23H27ClFN3O2/c24-18-7-11-20(12-8-18)27-23(30)28(21-13-9-19(25)10-14-21)16-4-15-26-22(29)17-5-2-1-3-6-17/h7-14,17H,1-6,15-16H2,(H,26,29)(H,27,30). The van der Waals surface area contributed by atoms with Crippen LogP contribution in [-0.4, -0.2) is 25.0 Å². The van der Waals surface area contributed by atoms with E-state index >= 15 is 0 Å². The second-order valence-corrected chi connectivity index (χ2v) is 7.98. The maximum atomic E-state index is 13.3. The van der Waals surface area contributed by atoms with Crippen molar-refractivity contribution in [2.24, 2.45) is 5.92 Å². The van der Waals surface area contributed by atoms with E-state index in [-0.39, 0.29) is 23.7 Å². The molecule has 0 radical (unpaired) electrons. The number of anilines is 2. The number of carbonyl (C=O) groups is 2. The number of amides is 3. The Hall–Kier alpha value is -2.60. The van der Waals surface area contributed by atoms with Crippen molar-refractivity contribution < 1.29 is 14.0 Å². The molecule has 0 unspecified atom stereocenters. The number of nitrogens with zero attached hydrogens (tertiary/aromatic N) is 1. The normalized spacial score (nSPS) is 14.2. The maximum Gasteiger partial charge on any atom is 0.326 e. The van der Waals surface area contributed by atoms with Crippen LogP contribution < -0.4 is 15.5 Å². The van der Waals surface area contributed by atoms with Crippen LogP contribution in [0.2, 0.25) is 5.02 Å². The molecule has 0 aromatic heterocycles. The summed E-state index contributed by atoms with van der Waals surface area (Å²) in [5.74, 6) is -0.148. The molecular weight excluding hydrogens is 405 g/mol. The van der Waals surface area contributed by atoms with Crippen LogP contribution in [-0.2, 0) is 4.79 Å². The van der Waals surface area contributed by atoms with Crippen molar-refractivity contribution in [2.45, 2.75) is 38.5 Å². The molecule has 1 aliphatic rings. The molecule has 2 aromatic carbocycles. The van der Waals surface area contributed by atoms with Gasteiger partial charge in [-0.3, -0.25) is 9.69 Å². The highest BCUT2D eigenvalue weighted by molar-refractivity contribution is 6.30. The first-order valence-electron chi connectivity index (χ1n) is 10.4. The van der Waals surface area contributed by atoms with Gasteiger partial charge in [0.05, 0.1) is 0 Å². The molecule has 30 heavy (non-hydrogen) atoms. The number of rotatable bonds is 7. The quantitative estimate of drug-likeness (QED) is 0.560. The Morgan fingerprint density at radius 1 is 1.00 bits per heavy atom. The van der Waals surface area contributed by atoms with Gasteiger partial charge < -0.3 is 10.6 Å². The monoisotopic (exact) mass is 431 g/mol. The van der Waals surface area contributed by atoms with Gasteiger partial charge in [0.25, 0.3) is 0 Å². The van der Waals surface area contributed by atoms with Gasteiger partial charge in [-0.05, 0) is 67.8 Å². The number of halogens is 2. The van der Waals surface area contributed by atoms with Crippen molar-refractivity contribution in [1.29, 1.82) is 0 Å². The van der Waals surface area contributed by atoms with Crippen molar-refractivity contribution in [3.8, 4) is 0 Å². The Bertz CT molecular complexity index is 837. The highest BCUT2D eigenvalue weighted by Gasteiger charge is 2.21. The van der Waals surface area contributed by atoms with Gasteiger partial charge >= 0.3 is 6.03 Å². The van der Waals surface area contributed by atoms with Crippen LogP contribution in [0.5, 0.6) is 0 Å². The van der Waals surface area contributed by atoms with Crippen LogP contribution in [0.15, 0.2) is 48.5 Å². The maximum absolute atomic E-state index is 13.3. The fourth-order valence-electron chi connectivity index (χ4n) is 3.65. The largest absolute Gasteiger partial charge is 0.356 e. The van der Waals surface area contributed by atoms with Gasteiger partial charge in [0.1, 0.15) is 5.82 Å². The summed E-state index contributed by atoms with van der Waals surface area (Å²) in [6.45, 7) is 0.872. The summed E-state index contributed by atoms with van der Waals surface area (Å²) >= 11 is 5.89. The molecule has 2 N–H and O–H groups in total. The molecule has 160 valence electrons. The van der Waals surface area contributed by atoms with Crippen LogP contribution in [0, 0.1) is 11.7 Å². The highest BCUT2D eigenvalue weighted by Crippen LogP contribution is 2.23. The van der Waals surface area contributed by atoms with Crippen molar-refractivity contribution in [2.75, 3.05) is 23.3 Å². The highest BCUT2D eigenvalue weighted by atomic mass is 35.5. The van der Waals surface area contributed by atoms with Crippen LogP contribution in [0.4, 0.5) is 20.6 Å². The predicted octanol–water partition coefficient (Wildman–Crippen LogP) is 5.60. The molecule has 3 amide bonds. The number of benzene rings is 2. The molecule has 0 spiro atoms. The Morgan fingerprint density at radius 2 is 1.67 bits per heavy atom. The average Bonchev–Trinajstić information content (AvgIpc) is 2.76. The Labute approximate surface area is 181 Å². The van der Waals surface area contributed by atoms with Gasteiger partial charge in [0.2, 0.25) is 5.91 Å².